The van der Waals surface area contributed by atoms with Crippen LogP contribution in [0.1, 0.15) is 0 Å². The van der Waals surface area contributed by atoms with Crippen molar-refractivity contribution in [1.82, 2.24) is 0 Å². The Morgan fingerprint density at radius 2 is 1.50 bits per heavy atom. The van der Waals surface area contributed by atoms with Gasteiger partial charge in [0.1, 0.15) is 0 Å². The molecule has 0 saturated carbocycles. The van der Waals surface area contributed by atoms with Gasteiger partial charge in [0, 0.05) is 0 Å². The summed E-state index contributed by atoms with van der Waals surface area (Å²) >= 11 is 0. The van der Waals surface area contributed by atoms with Crippen molar-refractivity contribution in [3.63, 3.8) is 0 Å². The van der Waals surface area contributed by atoms with E-state index >= 15 is 0 Å². The Kier molecular flexibility index (Phi) is 4.05. The van der Waals surface area contributed by atoms with Crippen LogP contribution >= 0.6 is 0 Å². The summed E-state index contributed by atoms with van der Waals surface area (Å²) in [5.74, 6) is 0. The van der Waals surface area contributed by atoms with Gasteiger partial charge in [0.05, 0.1) is 12.5 Å². The minimum atomic E-state index is 0. The zero-order valence-corrected chi connectivity index (χ0v) is 2.72. The predicted octanol–water partition coefficient (Wildman–Crippen LogP) is 0.363. The van der Waals surface area contributed by atoms with Crippen LogP contribution in [0.3, 0.4) is 0 Å². The quantitative estimate of drug-likeness (QED) is 0.440. The molecule has 0 aliphatic heterocycles. The summed E-state index contributed by atoms with van der Waals surface area (Å²) in [5.41, 5.74) is 0. The van der Waals surface area contributed by atoms with Crippen molar-refractivity contribution in [1.29, 1.82) is 0 Å². The van der Waals surface area contributed by atoms with Crippen LogP contribution in [-0.2, 0) is 0 Å². The van der Waals surface area contributed by atoms with E-state index in [0.717, 1.165) is 0 Å². The molecule has 0 aliphatic carbocycles. The van der Waals surface area contributed by atoms with E-state index in [2.05, 4.69) is 4.42 Å². The molecular formula is C4H6CaO. The van der Waals surface area contributed by atoms with Gasteiger partial charge in [0.2, 0.25) is 0 Å². The fourth-order valence-electron chi connectivity index (χ4n) is 0.227. The van der Waals surface area contributed by atoms with Crippen molar-refractivity contribution in [2.75, 3.05) is 0 Å². The Morgan fingerprint density at radius 3 is 1.67 bits per heavy atom. The molecule has 0 aromatic carbocycles. The summed E-state index contributed by atoms with van der Waals surface area (Å²) in [6.07, 6.45) is 3.25. The minimum Gasteiger partial charge on any atom is -0.473 e. The molecular weight excluding hydrogens is 104 g/mol. The SMILES string of the molecule is [CaH2].c1ccoc1. The van der Waals surface area contributed by atoms with E-state index in [9.17, 15) is 0 Å². The minimum absolute atomic E-state index is 0. The molecule has 1 aromatic heterocycles. The molecule has 0 spiro atoms. The molecule has 2 heteroatoms. The number of hydrogen-bond donors (Lipinski definition) is 0. The molecule has 6 heavy (non-hydrogen) atoms. The van der Waals surface area contributed by atoms with Crippen molar-refractivity contribution in [2.24, 2.45) is 0 Å². The zero-order valence-electron chi connectivity index (χ0n) is 2.72. The van der Waals surface area contributed by atoms with E-state index in [4.69, 9.17) is 0 Å². The molecule has 0 atom stereocenters. The van der Waals surface area contributed by atoms with Crippen molar-refractivity contribution in [3.05, 3.63) is 24.7 Å². The van der Waals surface area contributed by atoms with Gasteiger partial charge in [-0.2, -0.15) is 0 Å². The Bertz CT molecular complexity index is 64.0. The molecule has 0 radical (unpaired) electrons. The van der Waals surface area contributed by atoms with Gasteiger partial charge in [-0.25, -0.2) is 0 Å². The maximum absolute atomic E-state index is 4.58. The summed E-state index contributed by atoms with van der Waals surface area (Å²) in [4.78, 5) is 0. The van der Waals surface area contributed by atoms with Gasteiger partial charge in [-0.3, -0.25) is 0 Å². The van der Waals surface area contributed by atoms with Crippen molar-refractivity contribution < 1.29 is 4.42 Å². The monoisotopic (exact) mass is 110 g/mol. The van der Waals surface area contributed by atoms with Crippen LogP contribution in [0.25, 0.3) is 0 Å². The molecule has 0 bridgehead atoms. The number of hydrogen-bond acceptors (Lipinski definition) is 1. The molecule has 0 aliphatic rings. The third kappa shape index (κ3) is 1.85. The van der Waals surface area contributed by atoms with Gasteiger partial charge >= 0.3 is 37.7 Å². The maximum atomic E-state index is 4.58. The average molecular weight is 110 g/mol. The van der Waals surface area contributed by atoms with Crippen molar-refractivity contribution in [3.8, 4) is 0 Å². The molecule has 0 N–H and O–H groups in total. The van der Waals surface area contributed by atoms with Crippen LogP contribution in [0.5, 0.6) is 0 Å². The Morgan fingerprint density at radius 1 is 1.00 bits per heavy atom. The fraction of sp³-hybridized carbons (Fsp3) is 0. The Hall–Kier alpha value is 0.540. The summed E-state index contributed by atoms with van der Waals surface area (Å²) in [5, 5.41) is 0. The molecule has 30 valence electrons. The van der Waals surface area contributed by atoms with E-state index in [1.165, 1.54) is 0 Å². The van der Waals surface area contributed by atoms with E-state index < -0.39 is 0 Å². The molecule has 0 unspecified atom stereocenters. The van der Waals surface area contributed by atoms with E-state index in [-0.39, 0.29) is 37.7 Å². The van der Waals surface area contributed by atoms with Gasteiger partial charge in [-0.1, -0.05) is 0 Å². The van der Waals surface area contributed by atoms with Crippen LogP contribution in [0.2, 0.25) is 0 Å². The van der Waals surface area contributed by atoms with Crippen LogP contribution in [0.4, 0.5) is 0 Å². The van der Waals surface area contributed by atoms with Gasteiger partial charge in [-0.05, 0) is 12.1 Å². The molecule has 1 rings (SSSR count). The third-order valence-corrected chi connectivity index (χ3v) is 0.425. The van der Waals surface area contributed by atoms with Gasteiger partial charge in [0.25, 0.3) is 0 Å². The van der Waals surface area contributed by atoms with Crippen LogP contribution in [0.15, 0.2) is 29.1 Å². The second kappa shape index (κ2) is 3.72. The summed E-state index contributed by atoms with van der Waals surface area (Å²) in [6, 6.07) is 3.67. The molecule has 0 saturated heterocycles. The first-order chi connectivity index (χ1) is 2.50. The van der Waals surface area contributed by atoms with E-state index in [0.29, 0.717) is 0 Å². The second-order valence-electron chi connectivity index (χ2n) is 0.793. The molecule has 1 aromatic rings. The summed E-state index contributed by atoms with van der Waals surface area (Å²) in [6.45, 7) is 0. The largest absolute Gasteiger partial charge is 0.473 e. The zero-order chi connectivity index (χ0) is 3.54. The Labute approximate surface area is 66.3 Å². The first kappa shape index (κ1) is 6.54. The van der Waals surface area contributed by atoms with Crippen LogP contribution in [0, 0.1) is 0 Å². The second-order valence-corrected chi connectivity index (χ2v) is 0.793. The van der Waals surface area contributed by atoms with Crippen molar-refractivity contribution >= 4 is 37.7 Å². The topological polar surface area (TPSA) is 13.1 Å². The smallest absolute Gasteiger partial charge is 0.0902 e. The van der Waals surface area contributed by atoms with Gasteiger partial charge in [-0.15, -0.1) is 0 Å². The summed E-state index contributed by atoms with van der Waals surface area (Å²) < 4.78 is 4.58. The molecule has 1 nitrogen and oxygen atoms in total. The van der Waals surface area contributed by atoms with Gasteiger partial charge < -0.3 is 4.42 Å². The van der Waals surface area contributed by atoms with E-state index in [1.54, 1.807) is 12.5 Å². The average Bonchev–Trinajstić information content (AvgIpc) is 1.76. The maximum Gasteiger partial charge on any atom is 0.0902 e. The van der Waals surface area contributed by atoms with Gasteiger partial charge in [0.15, 0.2) is 0 Å². The van der Waals surface area contributed by atoms with E-state index in [1.807, 2.05) is 12.1 Å². The van der Waals surface area contributed by atoms with Crippen LogP contribution < -0.4 is 0 Å². The van der Waals surface area contributed by atoms with Crippen LogP contribution in [-0.4, -0.2) is 37.7 Å². The van der Waals surface area contributed by atoms with Crippen molar-refractivity contribution in [2.45, 2.75) is 0 Å². The normalized spacial score (nSPS) is 6.67. The molecule has 0 amide bonds. The number of furan rings is 1. The third-order valence-electron chi connectivity index (χ3n) is 0.425. The first-order valence-electron chi connectivity index (χ1n) is 1.47. The predicted molar refractivity (Wildman–Crippen MR) is 27.3 cm³/mol. The molecule has 0 fully saturated rings. The first-order valence-corrected chi connectivity index (χ1v) is 1.47. The summed E-state index contributed by atoms with van der Waals surface area (Å²) in [7, 11) is 0. The molecule has 1 heterocycles. The standard InChI is InChI=1S/C4H4O.Ca.2H/c1-2-4-5-3-1;;;/h1-4H;;;. The number of rotatable bonds is 0. The Balaban J connectivity index is 0.000000250. The fourth-order valence-corrected chi connectivity index (χ4v) is 0.227.